The first-order valence-corrected chi connectivity index (χ1v) is 12.9. The molecule has 0 aromatic carbocycles. The van der Waals surface area contributed by atoms with Crippen molar-refractivity contribution < 1.29 is 14.6 Å². The number of aromatic nitrogens is 1. The van der Waals surface area contributed by atoms with Crippen LogP contribution in [-0.4, -0.2) is 35.2 Å². The van der Waals surface area contributed by atoms with Gasteiger partial charge in [-0.25, -0.2) is 4.98 Å². The molecule has 0 unspecified atom stereocenters. The Morgan fingerprint density at radius 3 is 2.77 bits per heavy atom. The highest BCUT2D eigenvalue weighted by molar-refractivity contribution is 7.09. The number of fused-ring (bicyclic) bond motifs is 5. The van der Waals surface area contributed by atoms with Crippen LogP contribution >= 0.6 is 11.3 Å². The van der Waals surface area contributed by atoms with Crippen molar-refractivity contribution >= 4 is 17.1 Å². The maximum Gasteiger partial charge on any atom is 0.143 e. The molecule has 5 heteroatoms. The molecule has 0 radical (unpaired) electrons. The normalized spacial score (nSPS) is 45.4. The van der Waals surface area contributed by atoms with Gasteiger partial charge in [-0.05, 0) is 92.8 Å². The van der Waals surface area contributed by atoms with Crippen LogP contribution in [0.15, 0.2) is 11.6 Å². The molecule has 4 fully saturated rings. The van der Waals surface area contributed by atoms with Crippen LogP contribution in [0.1, 0.15) is 69.7 Å². The van der Waals surface area contributed by atoms with E-state index in [2.05, 4.69) is 11.9 Å². The van der Waals surface area contributed by atoms with Gasteiger partial charge in [0.15, 0.2) is 0 Å². The van der Waals surface area contributed by atoms with Crippen LogP contribution in [0.25, 0.3) is 0 Å². The van der Waals surface area contributed by atoms with Crippen molar-refractivity contribution in [2.45, 2.75) is 76.7 Å². The van der Waals surface area contributed by atoms with E-state index in [1.54, 1.807) is 18.4 Å². The van der Waals surface area contributed by atoms with Crippen molar-refractivity contribution in [1.82, 2.24) is 4.98 Å². The molecule has 0 bridgehead atoms. The van der Waals surface area contributed by atoms with Crippen LogP contribution in [0.5, 0.6) is 0 Å². The van der Waals surface area contributed by atoms with Crippen molar-refractivity contribution in [3.05, 3.63) is 16.6 Å². The van der Waals surface area contributed by atoms with E-state index in [4.69, 9.17) is 4.74 Å². The molecule has 1 N–H and O–H groups in total. The Kier molecular flexibility index (Phi) is 5.60. The number of ether oxygens (including phenoxy) is 1. The SMILES string of the molecule is COC[C@@]1(O)CC[C@H]2[C@H](CC[C@@H]3[C@@H]2CC[C@]2(C)[C@@H](C(=O)Cc4nccs4)CC[C@@H]32)C1. The van der Waals surface area contributed by atoms with Gasteiger partial charge in [-0.1, -0.05) is 6.92 Å². The number of hydrogen-bond donors (Lipinski definition) is 1. The molecule has 0 aliphatic heterocycles. The van der Waals surface area contributed by atoms with Crippen LogP contribution in [0.3, 0.4) is 0 Å². The summed E-state index contributed by atoms with van der Waals surface area (Å²) in [5.41, 5.74) is -0.416. The Balaban J connectivity index is 1.29. The number of rotatable bonds is 5. The number of methoxy groups -OCH3 is 1. The van der Waals surface area contributed by atoms with Crippen LogP contribution in [-0.2, 0) is 16.0 Å². The number of carbonyl (C=O) groups is 1. The van der Waals surface area contributed by atoms with Gasteiger partial charge in [0, 0.05) is 24.6 Å². The van der Waals surface area contributed by atoms with Crippen LogP contribution in [0, 0.1) is 40.9 Å². The Morgan fingerprint density at radius 2 is 2.00 bits per heavy atom. The van der Waals surface area contributed by atoms with Gasteiger partial charge in [0.1, 0.15) is 5.78 Å². The van der Waals surface area contributed by atoms with Crippen molar-refractivity contribution in [2.75, 3.05) is 13.7 Å². The molecule has 5 rings (SSSR count). The second-order valence-electron chi connectivity index (χ2n) is 11.1. The lowest BCUT2D eigenvalue weighted by molar-refractivity contribution is -0.135. The third kappa shape index (κ3) is 3.49. The largest absolute Gasteiger partial charge is 0.387 e. The van der Waals surface area contributed by atoms with E-state index in [1.807, 2.05) is 11.6 Å². The minimum absolute atomic E-state index is 0.188. The van der Waals surface area contributed by atoms with Crippen molar-refractivity contribution in [3.63, 3.8) is 0 Å². The summed E-state index contributed by atoms with van der Waals surface area (Å²) >= 11 is 1.61. The Bertz CT molecular complexity index is 766. The number of ketones is 1. The van der Waals surface area contributed by atoms with E-state index in [0.29, 0.717) is 30.6 Å². The lowest BCUT2D eigenvalue weighted by Gasteiger charge is -2.57. The fourth-order valence-corrected chi connectivity index (χ4v) is 9.13. The number of nitrogens with zero attached hydrogens (tertiary/aromatic N) is 1. The van der Waals surface area contributed by atoms with Crippen LogP contribution in [0.4, 0.5) is 0 Å². The average molecular weight is 432 g/mol. The van der Waals surface area contributed by atoms with E-state index in [1.165, 1.54) is 32.1 Å². The number of thiazole rings is 1. The van der Waals surface area contributed by atoms with Gasteiger partial charge in [0.05, 0.1) is 23.6 Å². The summed E-state index contributed by atoms with van der Waals surface area (Å²) in [7, 11) is 1.70. The summed E-state index contributed by atoms with van der Waals surface area (Å²) in [5, 5.41) is 13.9. The first kappa shape index (κ1) is 21.1. The molecule has 1 aromatic heterocycles. The summed E-state index contributed by atoms with van der Waals surface area (Å²) in [4.78, 5) is 17.6. The fraction of sp³-hybridized carbons (Fsp3) is 0.840. The van der Waals surface area contributed by atoms with Gasteiger partial charge in [-0.15, -0.1) is 11.3 Å². The number of Topliss-reactive ketones (excluding diaryl/α,β-unsaturated/α-hetero) is 1. The third-order valence-electron chi connectivity index (χ3n) is 9.71. The van der Waals surface area contributed by atoms with Gasteiger partial charge in [-0.3, -0.25) is 4.79 Å². The first-order valence-electron chi connectivity index (χ1n) is 12.1. The molecule has 30 heavy (non-hydrogen) atoms. The summed E-state index contributed by atoms with van der Waals surface area (Å²) in [5.74, 6) is 4.40. The topological polar surface area (TPSA) is 59.4 Å². The monoisotopic (exact) mass is 431 g/mol. The smallest absolute Gasteiger partial charge is 0.143 e. The molecule has 4 aliphatic carbocycles. The molecule has 4 saturated carbocycles. The highest BCUT2D eigenvalue weighted by Crippen LogP contribution is 2.64. The Labute approximate surface area is 184 Å². The van der Waals surface area contributed by atoms with Gasteiger partial charge in [0.2, 0.25) is 0 Å². The maximum atomic E-state index is 13.2. The van der Waals surface area contributed by atoms with Crippen molar-refractivity contribution in [1.29, 1.82) is 0 Å². The molecule has 1 heterocycles. The Morgan fingerprint density at radius 1 is 1.17 bits per heavy atom. The fourth-order valence-electron chi connectivity index (χ4n) is 8.50. The van der Waals surface area contributed by atoms with E-state index < -0.39 is 5.60 Å². The second-order valence-corrected chi connectivity index (χ2v) is 12.1. The summed E-state index contributed by atoms with van der Waals surface area (Å²) in [6, 6.07) is 0. The number of carbonyl (C=O) groups excluding carboxylic acids is 1. The molecule has 0 saturated heterocycles. The highest BCUT2D eigenvalue weighted by atomic mass is 32.1. The molecule has 4 nitrogen and oxygen atoms in total. The van der Waals surface area contributed by atoms with Crippen molar-refractivity contribution in [3.8, 4) is 0 Å². The van der Waals surface area contributed by atoms with Gasteiger partial charge < -0.3 is 9.84 Å². The van der Waals surface area contributed by atoms with Gasteiger partial charge in [-0.2, -0.15) is 0 Å². The lowest BCUT2D eigenvalue weighted by Crippen LogP contribution is -2.52. The molecule has 0 spiro atoms. The molecule has 1 aromatic rings. The highest BCUT2D eigenvalue weighted by Gasteiger charge is 2.58. The Hall–Kier alpha value is -0.780. The van der Waals surface area contributed by atoms with Crippen molar-refractivity contribution in [2.24, 2.45) is 40.9 Å². The second kappa shape index (κ2) is 7.97. The number of aliphatic hydroxyl groups is 1. The zero-order chi connectivity index (χ0) is 20.9. The minimum Gasteiger partial charge on any atom is -0.387 e. The van der Waals surface area contributed by atoms with E-state index >= 15 is 0 Å². The van der Waals surface area contributed by atoms with Gasteiger partial charge in [0.25, 0.3) is 0 Å². The molecule has 166 valence electrons. The predicted molar refractivity (Wildman–Crippen MR) is 118 cm³/mol. The molecule has 4 aliphatic rings. The van der Waals surface area contributed by atoms with E-state index in [-0.39, 0.29) is 11.3 Å². The molecule has 0 amide bonds. The van der Waals surface area contributed by atoms with E-state index in [0.717, 1.165) is 48.4 Å². The molecule has 8 atom stereocenters. The van der Waals surface area contributed by atoms with Gasteiger partial charge >= 0.3 is 0 Å². The third-order valence-corrected chi connectivity index (χ3v) is 10.5. The average Bonchev–Trinajstić information content (AvgIpc) is 3.34. The zero-order valence-electron chi connectivity index (χ0n) is 18.5. The lowest BCUT2D eigenvalue weighted by atomic mass is 9.49. The van der Waals surface area contributed by atoms with Crippen LogP contribution < -0.4 is 0 Å². The first-order chi connectivity index (χ1) is 14.4. The van der Waals surface area contributed by atoms with E-state index in [9.17, 15) is 9.90 Å². The zero-order valence-corrected chi connectivity index (χ0v) is 19.3. The standard InChI is InChI=1S/C25H37NO3S/c1-24-9-7-18-17-8-10-25(28,15-29-2)14-16(17)3-4-19(18)20(24)5-6-21(24)22(27)13-23-26-11-12-30-23/h11-12,16-21,28H,3-10,13-15H2,1-2H3/t16-,17+,18-,19-,20+,21-,24+,25-/m1/s1. The molecular weight excluding hydrogens is 394 g/mol. The van der Waals surface area contributed by atoms with Crippen LogP contribution in [0.2, 0.25) is 0 Å². The number of hydrogen-bond acceptors (Lipinski definition) is 5. The predicted octanol–water partition coefficient (Wildman–Crippen LogP) is 4.90. The summed E-state index contributed by atoms with van der Waals surface area (Å²) in [6.45, 7) is 2.92. The maximum absolute atomic E-state index is 13.2. The molecular formula is C25H37NO3S. The summed E-state index contributed by atoms with van der Waals surface area (Å²) < 4.78 is 5.33. The quantitative estimate of drug-likeness (QED) is 0.720. The minimum atomic E-state index is -0.605. The summed E-state index contributed by atoms with van der Waals surface area (Å²) in [6.07, 6.45) is 12.7.